The minimum Gasteiger partial charge on any atom is -0.370 e. The third-order valence-corrected chi connectivity index (χ3v) is 3.43. The van der Waals surface area contributed by atoms with Crippen LogP contribution in [0, 0.1) is 0 Å². The molecule has 0 radical (unpaired) electrons. The van der Waals surface area contributed by atoms with Gasteiger partial charge in [-0.2, -0.15) is 0 Å². The molecule has 0 unspecified atom stereocenters. The van der Waals surface area contributed by atoms with Gasteiger partial charge >= 0.3 is 0 Å². The van der Waals surface area contributed by atoms with Gasteiger partial charge in [-0.3, -0.25) is 9.79 Å². The summed E-state index contributed by atoms with van der Waals surface area (Å²) < 4.78 is 0. The van der Waals surface area contributed by atoms with Crippen molar-refractivity contribution in [2.75, 3.05) is 19.6 Å². The van der Waals surface area contributed by atoms with Crippen LogP contribution >= 0.6 is 23.2 Å². The molecule has 0 aliphatic rings. The smallest absolute Gasteiger partial charge is 0.251 e. The van der Waals surface area contributed by atoms with Crippen LogP contribution in [0.1, 0.15) is 30.1 Å². The van der Waals surface area contributed by atoms with Crippen LogP contribution < -0.4 is 16.4 Å². The average molecular weight is 331 g/mol. The van der Waals surface area contributed by atoms with Gasteiger partial charge in [-0.15, -0.1) is 0 Å². The third kappa shape index (κ3) is 6.69. The number of nitrogens with zero attached hydrogens (tertiary/aromatic N) is 1. The predicted molar refractivity (Wildman–Crippen MR) is 88.2 cm³/mol. The molecule has 0 fully saturated rings. The Morgan fingerprint density at radius 1 is 1.24 bits per heavy atom. The molecule has 7 heteroatoms. The highest BCUT2D eigenvalue weighted by molar-refractivity contribution is 6.42. The summed E-state index contributed by atoms with van der Waals surface area (Å²) in [5.74, 6) is 0.184. The van der Waals surface area contributed by atoms with E-state index in [1.807, 2.05) is 0 Å². The summed E-state index contributed by atoms with van der Waals surface area (Å²) in [6, 6.07) is 4.75. The molecular formula is C14H20Cl2N4O. The number of guanidine groups is 1. The first-order valence-electron chi connectivity index (χ1n) is 6.81. The number of carbonyl (C=O) groups excluding carboxylic acids is 1. The van der Waals surface area contributed by atoms with Crippen LogP contribution in [-0.2, 0) is 0 Å². The van der Waals surface area contributed by atoms with Crippen molar-refractivity contribution in [2.45, 2.75) is 19.8 Å². The number of nitrogens with one attached hydrogen (secondary N) is 2. The van der Waals surface area contributed by atoms with E-state index < -0.39 is 0 Å². The highest BCUT2D eigenvalue weighted by Gasteiger charge is 2.07. The number of carbonyl (C=O) groups is 1. The second-order valence-corrected chi connectivity index (χ2v) is 5.25. The molecule has 116 valence electrons. The molecule has 0 bridgehead atoms. The van der Waals surface area contributed by atoms with Crippen molar-refractivity contribution in [2.24, 2.45) is 10.7 Å². The molecule has 0 saturated carbocycles. The van der Waals surface area contributed by atoms with Gasteiger partial charge in [0.25, 0.3) is 5.91 Å². The highest BCUT2D eigenvalue weighted by Crippen LogP contribution is 2.22. The van der Waals surface area contributed by atoms with Crippen molar-refractivity contribution in [1.29, 1.82) is 0 Å². The quantitative estimate of drug-likeness (QED) is 0.408. The molecule has 1 rings (SSSR count). The second-order valence-electron chi connectivity index (χ2n) is 4.43. The molecule has 0 atom stereocenters. The summed E-state index contributed by atoms with van der Waals surface area (Å²) in [5.41, 5.74) is 6.14. The fourth-order valence-electron chi connectivity index (χ4n) is 1.52. The molecule has 1 amide bonds. The van der Waals surface area contributed by atoms with Crippen LogP contribution in [0.5, 0.6) is 0 Å². The van der Waals surface area contributed by atoms with E-state index in [-0.39, 0.29) is 5.91 Å². The lowest BCUT2D eigenvalue weighted by molar-refractivity contribution is 0.0954. The maximum Gasteiger partial charge on any atom is 0.251 e. The number of halogens is 2. The normalized spacial score (nSPS) is 11.3. The Bertz CT molecular complexity index is 506. The first-order valence-corrected chi connectivity index (χ1v) is 7.57. The van der Waals surface area contributed by atoms with Crippen LogP contribution in [0.4, 0.5) is 0 Å². The van der Waals surface area contributed by atoms with Gasteiger partial charge in [0.1, 0.15) is 0 Å². The van der Waals surface area contributed by atoms with Crippen molar-refractivity contribution in [1.82, 2.24) is 10.6 Å². The lowest BCUT2D eigenvalue weighted by atomic mass is 10.2. The Morgan fingerprint density at radius 2 is 1.95 bits per heavy atom. The van der Waals surface area contributed by atoms with Gasteiger partial charge in [-0.05, 0) is 24.6 Å². The molecule has 0 heterocycles. The van der Waals surface area contributed by atoms with E-state index in [1.165, 1.54) is 6.07 Å². The summed E-state index contributed by atoms with van der Waals surface area (Å²) >= 11 is 11.7. The second kappa shape index (κ2) is 9.47. The highest BCUT2D eigenvalue weighted by atomic mass is 35.5. The maximum absolute atomic E-state index is 11.9. The summed E-state index contributed by atoms with van der Waals surface area (Å²) in [5, 5.41) is 6.47. The lowest BCUT2D eigenvalue weighted by Gasteiger charge is -2.08. The predicted octanol–water partition coefficient (Wildman–Crippen LogP) is 2.43. The van der Waals surface area contributed by atoms with E-state index >= 15 is 0 Å². The Hall–Kier alpha value is -1.46. The lowest BCUT2D eigenvalue weighted by Crippen LogP contribution is -2.38. The number of unbranched alkanes of at least 4 members (excludes halogenated alkanes) is 1. The minimum atomic E-state index is -0.211. The van der Waals surface area contributed by atoms with E-state index in [0.717, 1.165) is 12.8 Å². The Morgan fingerprint density at radius 3 is 2.62 bits per heavy atom. The minimum absolute atomic E-state index is 0.211. The van der Waals surface area contributed by atoms with Crippen LogP contribution in [0.15, 0.2) is 23.2 Å². The molecule has 5 nitrogen and oxygen atoms in total. The van der Waals surface area contributed by atoms with E-state index in [2.05, 4.69) is 22.5 Å². The Labute approximate surface area is 134 Å². The number of hydrogen-bond donors (Lipinski definition) is 3. The molecule has 0 saturated heterocycles. The van der Waals surface area contributed by atoms with E-state index in [1.54, 1.807) is 12.1 Å². The molecule has 0 spiro atoms. The van der Waals surface area contributed by atoms with Crippen molar-refractivity contribution in [3.63, 3.8) is 0 Å². The van der Waals surface area contributed by atoms with Crippen molar-refractivity contribution >= 4 is 35.1 Å². The Kier molecular flexibility index (Phi) is 7.93. The van der Waals surface area contributed by atoms with Crippen molar-refractivity contribution in [3.05, 3.63) is 33.8 Å². The van der Waals surface area contributed by atoms with Crippen LogP contribution in [-0.4, -0.2) is 31.5 Å². The van der Waals surface area contributed by atoms with Gasteiger partial charge in [-0.1, -0.05) is 36.5 Å². The average Bonchev–Trinajstić information content (AvgIpc) is 2.46. The topological polar surface area (TPSA) is 79.5 Å². The first kappa shape index (κ1) is 17.6. The zero-order valence-corrected chi connectivity index (χ0v) is 13.5. The fourth-order valence-corrected chi connectivity index (χ4v) is 1.82. The SMILES string of the molecule is CCCCN=C(N)NCCNC(=O)c1ccc(Cl)c(Cl)c1. The molecule has 0 aromatic heterocycles. The van der Waals surface area contributed by atoms with E-state index in [9.17, 15) is 4.79 Å². The van der Waals surface area contributed by atoms with Gasteiger partial charge in [0, 0.05) is 25.2 Å². The monoisotopic (exact) mass is 330 g/mol. The van der Waals surface area contributed by atoms with E-state index in [4.69, 9.17) is 28.9 Å². The number of amides is 1. The zero-order chi connectivity index (χ0) is 15.7. The third-order valence-electron chi connectivity index (χ3n) is 2.69. The summed E-state index contributed by atoms with van der Waals surface area (Å²) in [6.45, 7) is 3.75. The van der Waals surface area contributed by atoms with Crippen molar-refractivity contribution in [3.8, 4) is 0 Å². The summed E-state index contributed by atoms with van der Waals surface area (Å²) in [7, 11) is 0. The maximum atomic E-state index is 11.9. The number of nitrogens with two attached hydrogens (primary N) is 1. The molecule has 1 aromatic rings. The van der Waals surface area contributed by atoms with Crippen LogP contribution in [0.3, 0.4) is 0 Å². The fraction of sp³-hybridized carbons (Fsp3) is 0.429. The van der Waals surface area contributed by atoms with Gasteiger partial charge < -0.3 is 16.4 Å². The molecule has 1 aromatic carbocycles. The number of benzene rings is 1. The molecule has 0 aliphatic heterocycles. The van der Waals surface area contributed by atoms with Crippen LogP contribution in [0.2, 0.25) is 10.0 Å². The number of aliphatic imine (C=N–C) groups is 1. The molecule has 0 aliphatic carbocycles. The standard InChI is InChI=1S/C14H20Cl2N4O/c1-2-3-6-19-14(17)20-8-7-18-13(21)10-4-5-11(15)12(16)9-10/h4-5,9H,2-3,6-8H2,1H3,(H,18,21)(H3,17,19,20). The van der Waals surface area contributed by atoms with Gasteiger partial charge in [-0.25, -0.2) is 0 Å². The van der Waals surface area contributed by atoms with Crippen molar-refractivity contribution < 1.29 is 4.79 Å². The van der Waals surface area contributed by atoms with Gasteiger partial charge in [0.15, 0.2) is 5.96 Å². The molecule has 4 N–H and O–H groups in total. The summed E-state index contributed by atoms with van der Waals surface area (Å²) in [4.78, 5) is 16.0. The first-order chi connectivity index (χ1) is 10.0. The molecule has 21 heavy (non-hydrogen) atoms. The van der Waals surface area contributed by atoms with Gasteiger partial charge in [0.2, 0.25) is 0 Å². The van der Waals surface area contributed by atoms with Gasteiger partial charge in [0.05, 0.1) is 10.0 Å². The summed E-state index contributed by atoms with van der Waals surface area (Å²) in [6.07, 6.45) is 2.09. The zero-order valence-electron chi connectivity index (χ0n) is 12.0. The Balaban J connectivity index is 2.30. The number of hydrogen-bond acceptors (Lipinski definition) is 2. The van der Waals surface area contributed by atoms with E-state index in [0.29, 0.717) is 41.2 Å². The largest absolute Gasteiger partial charge is 0.370 e. The number of rotatable bonds is 7. The van der Waals surface area contributed by atoms with Crippen LogP contribution in [0.25, 0.3) is 0 Å². The molecular weight excluding hydrogens is 311 g/mol.